The molecular weight excluding hydrogens is 174 g/mol. The molecule has 1 N–H and O–H groups in total. The Morgan fingerprint density at radius 1 is 1.57 bits per heavy atom. The quantitative estimate of drug-likeness (QED) is 0.707. The highest BCUT2D eigenvalue weighted by atomic mass is 16.5. The summed E-state index contributed by atoms with van der Waals surface area (Å²) < 4.78 is 5.49. The maximum atomic E-state index is 5.49. The van der Waals surface area contributed by atoms with E-state index in [0.717, 1.165) is 19.4 Å². The second-order valence-corrected chi connectivity index (χ2v) is 4.16. The van der Waals surface area contributed by atoms with Crippen LogP contribution in [0.3, 0.4) is 0 Å². The van der Waals surface area contributed by atoms with Gasteiger partial charge in [0.2, 0.25) is 0 Å². The maximum Gasteiger partial charge on any atom is 0.110 e. The number of ether oxygens (including phenoxy) is 1. The Hall–Kier alpha value is -0.500. The molecule has 0 aromatic rings. The summed E-state index contributed by atoms with van der Waals surface area (Å²) in [5.41, 5.74) is 0. The van der Waals surface area contributed by atoms with E-state index < -0.39 is 0 Å². The monoisotopic (exact) mass is 197 g/mol. The lowest BCUT2D eigenvalue weighted by molar-refractivity contribution is 0.119. The van der Waals surface area contributed by atoms with Crippen molar-refractivity contribution in [1.29, 1.82) is 0 Å². The molecule has 2 atom stereocenters. The number of hydrogen-bond acceptors (Lipinski definition) is 2. The van der Waals surface area contributed by atoms with Crippen molar-refractivity contribution in [3.05, 3.63) is 12.3 Å². The zero-order valence-electron chi connectivity index (χ0n) is 9.46. The van der Waals surface area contributed by atoms with Crippen molar-refractivity contribution in [3.63, 3.8) is 0 Å². The predicted molar refractivity (Wildman–Crippen MR) is 60.2 cm³/mol. The summed E-state index contributed by atoms with van der Waals surface area (Å²) in [5, 5.41) is 3.53. The summed E-state index contributed by atoms with van der Waals surface area (Å²) >= 11 is 0. The van der Waals surface area contributed by atoms with Crippen molar-refractivity contribution >= 4 is 0 Å². The van der Waals surface area contributed by atoms with Crippen molar-refractivity contribution in [2.24, 2.45) is 0 Å². The molecule has 1 heterocycles. The highest BCUT2D eigenvalue weighted by Crippen LogP contribution is 2.09. The Balaban J connectivity index is 2.04. The van der Waals surface area contributed by atoms with Crippen LogP contribution in [0.15, 0.2) is 12.3 Å². The van der Waals surface area contributed by atoms with Gasteiger partial charge in [0.15, 0.2) is 0 Å². The first-order chi connectivity index (χ1) is 6.83. The average Bonchev–Trinajstić information content (AvgIpc) is 2.25. The molecule has 2 nitrogen and oxygen atoms in total. The molecule has 0 bridgehead atoms. The van der Waals surface area contributed by atoms with Gasteiger partial charge in [-0.15, -0.1) is 0 Å². The second-order valence-electron chi connectivity index (χ2n) is 4.16. The van der Waals surface area contributed by atoms with E-state index in [9.17, 15) is 0 Å². The third-order valence-corrected chi connectivity index (χ3v) is 2.71. The van der Waals surface area contributed by atoms with Crippen LogP contribution in [-0.4, -0.2) is 18.7 Å². The van der Waals surface area contributed by atoms with Crippen LogP contribution < -0.4 is 5.32 Å². The minimum atomic E-state index is 0.393. The van der Waals surface area contributed by atoms with Gasteiger partial charge in [-0.2, -0.15) is 0 Å². The van der Waals surface area contributed by atoms with Gasteiger partial charge in [0.05, 0.1) is 6.26 Å². The van der Waals surface area contributed by atoms with E-state index in [1.54, 1.807) is 0 Å². The Morgan fingerprint density at radius 3 is 3.07 bits per heavy atom. The van der Waals surface area contributed by atoms with Crippen LogP contribution in [0.5, 0.6) is 0 Å². The fourth-order valence-corrected chi connectivity index (χ4v) is 1.68. The first-order valence-corrected chi connectivity index (χ1v) is 5.86. The zero-order chi connectivity index (χ0) is 10.2. The van der Waals surface area contributed by atoms with Gasteiger partial charge in [-0.1, -0.05) is 19.8 Å². The third-order valence-electron chi connectivity index (χ3n) is 2.71. The lowest BCUT2D eigenvalue weighted by atomic mass is 10.1. The van der Waals surface area contributed by atoms with Gasteiger partial charge in [-0.3, -0.25) is 0 Å². The van der Waals surface area contributed by atoms with E-state index in [4.69, 9.17) is 4.74 Å². The second kappa shape index (κ2) is 6.88. The minimum absolute atomic E-state index is 0.393. The molecule has 0 spiro atoms. The van der Waals surface area contributed by atoms with Crippen molar-refractivity contribution < 1.29 is 4.74 Å². The van der Waals surface area contributed by atoms with Gasteiger partial charge >= 0.3 is 0 Å². The van der Waals surface area contributed by atoms with Crippen molar-refractivity contribution in [2.75, 3.05) is 6.54 Å². The highest BCUT2D eigenvalue weighted by molar-refractivity contribution is 4.83. The molecule has 2 heteroatoms. The van der Waals surface area contributed by atoms with Gasteiger partial charge < -0.3 is 10.1 Å². The fourth-order valence-electron chi connectivity index (χ4n) is 1.68. The molecule has 1 rings (SSSR count). The van der Waals surface area contributed by atoms with Gasteiger partial charge in [0.25, 0.3) is 0 Å². The number of rotatable bonds is 6. The van der Waals surface area contributed by atoms with Gasteiger partial charge in [0, 0.05) is 12.6 Å². The molecule has 82 valence electrons. The van der Waals surface area contributed by atoms with Gasteiger partial charge in [0.1, 0.15) is 6.10 Å². The summed E-state index contributed by atoms with van der Waals surface area (Å²) in [7, 11) is 0. The highest BCUT2D eigenvalue weighted by Gasteiger charge is 2.11. The van der Waals surface area contributed by atoms with Crippen LogP contribution in [0, 0.1) is 0 Å². The van der Waals surface area contributed by atoms with E-state index in [-0.39, 0.29) is 0 Å². The van der Waals surface area contributed by atoms with Crippen LogP contribution >= 0.6 is 0 Å². The topological polar surface area (TPSA) is 21.3 Å². The predicted octanol–water partition coefficient (Wildman–Crippen LogP) is 2.85. The van der Waals surface area contributed by atoms with Gasteiger partial charge in [-0.25, -0.2) is 0 Å². The third kappa shape index (κ3) is 4.66. The summed E-state index contributed by atoms with van der Waals surface area (Å²) in [4.78, 5) is 0. The standard InChI is InChI=1S/C12H23NO/c1-3-4-7-11(2)13-10-12-8-5-6-9-14-12/h6,9,11-13H,3-5,7-8,10H2,1-2H3. The molecule has 1 aliphatic heterocycles. The lowest BCUT2D eigenvalue weighted by Crippen LogP contribution is -2.35. The Morgan fingerprint density at radius 2 is 2.43 bits per heavy atom. The fraction of sp³-hybridized carbons (Fsp3) is 0.833. The largest absolute Gasteiger partial charge is 0.497 e. The summed E-state index contributed by atoms with van der Waals surface area (Å²) in [6.45, 7) is 5.49. The molecule has 2 unspecified atom stereocenters. The Bertz CT molecular complexity index is 168. The Kier molecular flexibility index (Phi) is 5.69. The molecule has 0 aromatic heterocycles. The first-order valence-electron chi connectivity index (χ1n) is 5.86. The van der Waals surface area contributed by atoms with E-state index in [0.29, 0.717) is 12.1 Å². The summed E-state index contributed by atoms with van der Waals surface area (Å²) in [6, 6.07) is 0.629. The normalized spacial score (nSPS) is 23.1. The van der Waals surface area contributed by atoms with Crippen LogP contribution in [0.25, 0.3) is 0 Å². The molecule has 0 saturated carbocycles. The number of allylic oxidation sites excluding steroid dienone is 1. The molecule has 0 aromatic carbocycles. The van der Waals surface area contributed by atoms with Crippen molar-refractivity contribution in [1.82, 2.24) is 5.32 Å². The maximum absolute atomic E-state index is 5.49. The Labute approximate surface area is 87.7 Å². The van der Waals surface area contributed by atoms with E-state index in [1.165, 1.54) is 19.3 Å². The smallest absolute Gasteiger partial charge is 0.110 e. The minimum Gasteiger partial charge on any atom is -0.497 e. The van der Waals surface area contributed by atoms with E-state index in [1.807, 2.05) is 6.26 Å². The molecule has 0 aliphatic carbocycles. The SMILES string of the molecule is CCCCC(C)NCC1CCC=CO1. The van der Waals surface area contributed by atoms with E-state index >= 15 is 0 Å². The molecule has 14 heavy (non-hydrogen) atoms. The molecular formula is C12H23NO. The van der Waals surface area contributed by atoms with Crippen LogP contribution in [0.4, 0.5) is 0 Å². The first kappa shape index (κ1) is 11.6. The van der Waals surface area contributed by atoms with Gasteiger partial charge in [-0.05, 0) is 32.3 Å². The average molecular weight is 197 g/mol. The number of unbranched alkanes of at least 4 members (excludes halogenated alkanes) is 1. The molecule has 1 aliphatic rings. The molecule has 0 fully saturated rings. The molecule has 0 amide bonds. The summed E-state index contributed by atoms with van der Waals surface area (Å²) in [6.07, 6.45) is 10.5. The lowest BCUT2D eigenvalue weighted by Gasteiger charge is -2.22. The molecule has 0 radical (unpaired) electrons. The van der Waals surface area contributed by atoms with Crippen LogP contribution in [0.2, 0.25) is 0 Å². The van der Waals surface area contributed by atoms with Crippen molar-refractivity contribution in [3.8, 4) is 0 Å². The molecule has 0 saturated heterocycles. The summed E-state index contributed by atoms with van der Waals surface area (Å²) in [5.74, 6) is 0. The van der Waals surface area contributed by atoms with Crippen LogP contribution in [-0.2, 0) is 4.74 Å². The number of nitrogens with one attached hydrogen (secondary N) is 1. The van der Waals surface area contributed by atoms with E-state index in [2.05, 4.69) is 25.2 Å². The number of hydrogen-bond donors (Lipinski definition) is 1. The van der Waals surface area contributed by atoms with Crippen LogP contribution in [0.1, 0.15) is 46.0 Å². The van der Waals surface area contributed by atoms with Crippen molar-refractivity contribution in [2.45, 2.75) is 58.1 Å². The zero-order valence-corrected chi connectivity index (χ0v) is 9.46.